The molecule has 0 aliphatic carbocycles. The zero-order valence-electron chi connectivity index (χ0n) is 20.0. The maximum Gasteiger partial charge on any atom is 0.197 e. The second-order valence-corrected chi connectivity index (χ2v) is 10.9. The monoisotopic (exact) mass is 492 g/mol. The lowest BCUT2D eigenvalue weighted by Crippen LogP contribution is -2.56. The van der Waals surface area contributed by atoms with Crippen LogP contribution in [-0.2, 0) is 4.74 Å². The fraction of sp³-hybridized carbons (Fsp3) is 0.500. The van der Waals surface area contributed by atoms with Gasteiger partial charge in [-0.15, -0.1) is 0 Å². The Morgan fingerprint density at radius 1 is 1.17 bits per heavy atom. The minimum atomic E-state index is 0.254. The van der Waals surface area contributed by atoms with Crippen LogP contribution in [0.3, 0.4) is 0 Å². The van der Waals surface area contributed by atoms with E-state index >= 15 is 0 Å². The number of likely N-dealkylation sites (tertiary alicyclic amines) is 1. The fourth-order valence-electron chi connectivity index (χ4n) is 5.82. The standard InChI is InChI=1S/C24H28N8O2S/c1-13(2)20-21(14-4-18(33-3)23-26-12-27-32(23)7-14)28-29-22(20)24-25-6-19(35-24)31-9-15-5-16(31)8-30(15)17-10-34-11-17/h4,6-7,12-13,15-17H,5,8-11H2,1-3H3,(H,28,29)/t15-,16-/m0/s1. The Morgan fingerprint density at radius 2 is 2.06 bits per heavy atom. The van der Waals surface area contributed by atoms with Crippen LogP contribution < -0.4 is 9.64 Å². The number of methoxy groups -OCH3 is 1. The van der Waals surface area contributed by atoms with Crippen LogP contribution in [0.4, 0.5) is 5.00 Å². The number of hydrogen-bond acceptors (Lipinski definition) is 9. The summed E-state index contributed by atoms with van der Waals surface area (Å²) in [5, 5.41) is 14.5. The van der Waals surface area contributed by atoms with Crippen molar-refractivity contribution >= 4 is 22.0 Å². The van der Waals surface area contributed by atoms with E-state index in [0.717, 1.165) is 53.8 Å². The van der Waals surface area contributed by atoms with E-state index in [1.807, 2.05) is 18.5 Å². The molecule has 11 heteroatoms. The van der Waals surface area contributed by atoms with Gasteiger partial charge >= 0.3 is 0 Å². The van der Waals surface area contributed by atoms with Crippen molar-refractivity contribution in [1.29, 1.82) is 0 Å². The van der Waals surface area contributed by atoms with E-state index in [1.165, 1.54) is 17.7 Å². The number of aromatic amines is 1. The average Bonchev–Trinajstić information content (AvgIpc) is 3.63. The summed E-state index contributed by atoms with van der Waals surface area (Å²) in [6.07, 6.45) is 6.76. The quantitative estimate of drug-likeness (QED) is 0.439. The molecule has 3 fully saturated rings. The van der Waals surface area contributed by atoms with Crippen molar-refractivity contribution in [3.63, 3.8) is 0 Å². The molecular weight excluding hydrogens is 464 g/mol. The van der Waals surface area contributed by atoms with Gasteiger partial charge in [0.15, 0.2) is 11.4 Å². The van der Waals surface area contributed by atoms with Gasteiger partial charge in [0.2, 0.25) is 0 Å². The Kier molecular flexibility index (Phi) is 4.87. The molecule has 0 saturated carbocycles. The molecule has 0 unspecified atom stereocenters. The van der Waals surface area contributed by atoms with Gasteiger partial charge in [-0.3, -0.25) is 10.00 Å². The Balaban J connectivity index is 1.20. The van der Waals surface area contributed by atoms with E-state index in [1.54, 1.807) is 23.0 Å². The Labute approximate surface area is 206 Å². The summed E-state index contributed by atoms with van der Waals surface area (Å²) in [6.45, 7) is 8.36. The zero-order valence-corrected chi connectivity index (χ0v) is 20.8. The smallest absolute Gasteiger partial charge is 0.197 e. The third-order valence-corrected chi connectivity index (χ3v) is 8.62. The first kappa shape index (κ1) is 21.3. The van der Waals surface area contributed by atoms with Crippen molar-refractivity contribution in [2.75, 3.05) is 38.3 Å². The van der Waals surface area contributed by atoms with Crippen LogP contribution in [-0.4, -0.2) is 86.2 Å². The first-order valence-corrected chi connectivity index (χ1v) is 12.9. The van der Waals surface area contributed by atoms with E-state index in [9.17, 15) is 0 Å². The number of H-pyrrole nitrogens is 1. The summed E-state index contributed by atoms with van der Waals surface area (Å²) in [5.74, 6) is 0.929. The van der Waals surface area contributed by atoms with E-state index in [0.29, 0.717) is 29.5 Å². The van der Waals surface area contributed by atoms with Gasteiger partial charge < -0.3 is 14.4 Å². The van der Waals surface area contributed by atoms with Crippen LogP contribution in [0.1, 0.15) is 31.7 Å². The van der Waals surface area contributed by atoms with E-state index in [4.69, 9.17) is 19.6 Å². The molecule has 0 spiro atoms. The van der Waals surface area contributed by atoms with Crippen LogP contribution in [0.5, 0.6) is 5.75 Å². The maximum atomic E-state index is 5.57. The van der Waals surface area contributed by atoms with Gasteiger partial charge in [0.1, 0.15) is 22.0 Å². The van der Waals surface area contributed by atoms with Crippen molar-refractivity contribution in [3.8, 4) is 27.7 Å². The molecule has 4 aromatic heterocycles. The minimum absolute atomic E-state index is 0.254. The van der Waals surface area contributed by atoms with E-state index in [-0.39, 0.29) is 5.92 Å². The summed E-state index contributed by atoms with van der Waals surface area (Å²) < 4.78 is 12.7. The Bertz CT molecular complexity index is 1390. The summed E-state index contributed by atoms with van der Waals surface area (Å²) in [4.78, 5) is 14.3. The Morgan fingerprint density at radius 3 is 2.77 bits per heavy atom. The molecule has 0 amide bonds. The number of piperazine rings is 1. The maximum absolute atomic E-state index is 5.57. The number of anilines is 1. The normalized spacial score (nSPS) is 22.6. The molecule has 4 aromatic rings. The number of rotatable bonds is 6. The molecule has 2 atom stereocenters. The van der Waals surface area contributed by atoms with Gasteiger partial charge in [-0.05, 0) is 18.4 Å². The fourth-order valence-corrected chi connectivity index (χ4v) is 6.82. The number of pyridine rings is 1. The number of fused-ring (bicyclic) bond motifs is 3. The third-order valence-electron chi connectivity index (χ3n) is 7.58. The second-order valence-electron chi connectivity index (χ2n) is 9.93. The zero-order chi connectivity index (χ0) is 23.7. The Hall–Kier alpha value is -3.02. The summed E-state index contributed by atoms with van der Waals surface area (Å²) in [7, 11) is 1.65. The lowest BCUT2D eigenvalue weighted by Gasteiger charge is -2.42. The van der Waals surface area contributed by atoms with Gasteiger partial charge in [0.05, 0.1) is 38.3 Å². The van der Waals surface area contributed by atoms with Crippen LogP contribution in [0, 0.1) is 0 Å². The lowest BCUT2D eigenvalue weighted by molar-refractivity contribution is -0.0707. The highest BCUT2D eigenvalue weighted by Gasteiger charge is 2.47. The topological polar surface area (TPSA) is 96.7 Å². The van der Waals surface area contributed by atoms with E-state index < -0.39 is 0 Å². The molecular formula is C24H28N8O2S. The number of nitrogens with one attached hydrogen (secondary N) is 1. The van der Waals surface area contributed by atoms with Crippen molar-refractivity contribution in [3.05, 3.63) is 30.4 Å². The van der Waals surface area contributed by atoms with Crippen molar-refractivity contribution in [2.24, 2.45) is 0 Å². The van der Waals surface area contributed by atoms with Crippen LogP contribution in [0.2, 0.25) is 0 Å². The number of ether oxygens (including phenoxy) is 2. The average molecular weight is 493 g/mol. The van der Waals surface area contributed by atoms with Crippen molar-refractivity contribution < 1.29 is 9.47 Å². The molecule has 35 heavy (non-hydrogen) atoms. The highest BCUT2D eigenvalue weighted by atomic mass is 32.1. The number of aromatic nitrogens is 6. The molecule has 1 N–H and O–H groups in total. The number of thiazole rings is 1. The van der Waals surface area contributed by atoms with Crippen LogP contribution >= 0.6 is 11.3 Å². The number of hydrogen-bond donors (Lipinski definition) is 1. The van der Waals surface area contributed by atoms with Crippen molar-refractivity contribution in [1.82, 2.24) is 34.7 Å². The van der Waals surface area contributed by atoms with Gasteiger partial charge in [-0.2, -0.15) is 10.2 Å². The lowest BCUT2D eigenvalue weighted by atomic mass is 9.97. The third kappa shape index (κ3) is 3.29. The molecule has 7 rings (SSSR count). The highest BCUT2D eigenvalue weighted by molar-refractivity contribution is 7.18. The molecule has 7 heterocycles. The van der Waals surface area contributed by atoms with Gasteiger partial charge in [-0.25, -0.2) is 14.5 Å². The first-order valence-electron chi connectivity index (χ1n) is 12.1. The molecule has 3 aliphatic heterocycles. The SMILES string of the molecule is COc1cc(-c2[nH]nc(-c3ncc(N4C[C@@H]5C[C@H]4CN5C4COC4)s3)c2C(C)C)cn2ncnc12. The largest absolute Gasteiger partial charge is 0.493 e. The number of nitrogens with zero attached hydrogens (tertiary/aromatic N) is 7. The second kappa shape index (κ2) is 8.00. The molecule has 182 valence electrons. The summed E-state index contributed by atoms with van der Waals surface area (Å²) >= 11 is 1.74. The van der Waals surface area contributed by atoms with Crippen LogP contribution in [0.25, 0.3) is 27.6 Å². The highest BCUT2D eigenvalue weighted by Crippen LogP contribution is 2.43. The predicted octanol–water partition coefficient (Wildman–Crippen LogP) is 3.04. The van der Waals surface area contributed by atoms with Gasteiger partial charge in [0.25, 0.3) is 0 Å². The summed E-state index contributed by atoms with van der Waals surface area (Å²) in [6, 6.07) is 3.80. The molecule has 0 radical (unpaired) electrons. The predicted molar refractivity (Wildman–Crippen MR) is 133 cm³/mol. The minimum Gasteiger partial charge on any atom is -0.493 e. The molecule has 10 nitrogen and oxygen atoms in total. The molecule has 0 aromatic carbocycles. The van der Waals surface area contributed by atoms with Gasteiger partial charge in [0, 0.05) is 42.5 Å². The van der Waals surface area contributed by atoms with Crippen molar-refractivity contribution in [2.45, 2.75) is 44.3 Å². The van der Waals surface area contributed by atoms with Crippen LogP contribution in [0.15, 0.2) is 24.8 Å². The molecule has 2 bridgehead atoms. The summed E-state index contributed by atoms with van der Waals surface area (Å²) in [5.41, 5.74) is 4.67. The first-order chi connectivity index (χ1) is 17.1. The molecule has 3 saturated heterocycles. The molecule has 3 aliphatic rings. The van der Waals surface area contributed by atoms with Gasteiger partial charge in [-0.1, -0.05) is 25.2 Å². The van der Waals surface area contributed by atoms with E-state index in [2.05, 4.69) is 38.8 Å².